The molecule has 0 spiro atoms. The molecular formula is C21H32N2O. The van der Waals surface area contributed by atoms with Crippen LogP contribution in [0.2, 0.25) is 0 Å². The maximum atomic E-state index is 5.58. The Labute approximate surface area is 147 Å². The third-order valence-corrected chi connectivity index (χ3v) is 3.28. The van der Waals surface area contributed by atoms with Gasteiger partial charge in [-0.05, 0) is 62.3 Å². The van der Waals surface area contributed by atoms with Crippen LogP contribution in [0, 0.1) is 5.41 Å². The molecule has 0 fully saturated rings. The third-order valence-electron chi connectivity index (χ3n) is 3.28. The van der Waals surface area contributed by atoms with Crippen molar-refractivity contribution in [3.8, 4) is 0 Å². The third kappa shape index (κ3) is 10.9. The van der Waals surface area contributed by atoms with Crippen LogP contribution < -0.4 is 0 Å². The zero-order valence-electron chi connectivity index (χ0n) is 16.0. The minimum absolute atomic E-state index is 0.0736. The first kappa shape index (κ1) is 20.3. The maximum Gasteiger partial charge on any atom is 0.0738 e. The van der Waals surface area contributed by atoms with Crippen molar-refractivity contribution in [1.82, 2.24) is 9.97 Å². The molecule has 2 aromatic rings. The normalized spacial score (nSPS) is 11.6. The van der Waals surface area contributed by atoms with Crippen LogP contribution in [0.4, 0.5) is 0 Å². The Morgan fingerprint density at radius 3 is 1.79 bits per heavy atom. The van der Waals surface area contributed by atoms with Crippen molar-refractivity contribution in [3.63, 3.8) is 0 Å². The van der Waals surface area contributed by atoms with Crippen molar-refractivity contribution >= 4 is 0 Å². The van der Waals surface area contributed by atoms with Crippen molar-refractivity contribution in [2.24, 2.45) is 5.41 Å². The van der Waals surface area contributed by atoms with Crippen molar-refractivity contribution in [1.29, 1.82) is 0 Å². The Morgan fingerprint density at radius 2 is 1.38 bits per heavy atom. The predicted octanol–water partition coefficient (Wildman–Crippen LogP) is 5.46. The van der Waals surface area contributed by atoms with Gasteiger partial charge in [-0.15, -0.1) is 0 Å². The standard InChI is InChI=1S/C11H17N.C10H15NO/c1-11(2,3)7-6-10-5-4-8-12-9-10;1-10(2,3)12-8-9-5-4-6-11-7-9/h4-5,8-9H,6-7H2,1-3H3;4-7H,8H2,1-3H3. The highest BCUT2D eigenvalue weighted by Crippen LogP contribution is 2.20. The van der Waals surface area contributed by atoms with Gasteiger partial charge in [0.15, 0.2) is 0 Å². The molecule has 2 rings (SSSR count). The van der Waals surface area contributed by atoms with Crippen molar-refractivity contribution < 1.29 is 4.74 Å². The molecule has 0 saturated heterocycles. The molecule has 0 radical (unpaired) electrons. The van der Waals surface area contributed by atoms with Gasteiger partial charge in [0.25, 0.3) is 0 Å². The second-order valence-corrected chi connectivity index (χ2v) is 8.18. The topological polar surface area (TPSA) is 35.0 Å². The first-order valence-corrected chi connectivity index (χ1v) is 8.57. The lowest BCUT2D eigenvalue weighted by Gasteiger charge is -2.19. The first-order chi connectivity index (χ1) is 11.2. The fourth-order valence-electron chi connectivity index (χ4n) is 1.85. The summed E-state index contributed by atoms with van der Waals surface area (Å²) in [4.78, 5) is 8.09. The van der Waals surface area contributed by atoms with E-state index in [0.29, 0.717) is 12.0 Å². The molecule has 3 nitrogen and oxygen atoms in total. The monoisotopic (exact) mass is 328 g/mol. The van der Waals surface area contributed by atoms with Gasteiger partial charge in [0.1, 0.15) is 0 Å². The van der Waals surface area contributed by atoms with Crippen LogP contribution in [-0.2, 0) is 17.8 Å². The van der Waals surface area contributed by atoms with Crippen LogP contribution in [0.1, 0.15) is 59.1 Å². The number of aryl methyl sites for hydroxylation is 1. The van der Waals surface area contributed by atoms with E-state index in [-0.39, 0.29) is 5.60 Å². The lowest BCUT2D eigenvalue weighted by atomic mass is 9.89. The Hall–Kier alpha value is -1.74. The molecule has 0 unspecified atom stereocenters. The van der Waals surface area contributed by atoms with E-state index in [1.807, 2.05) is 57.6 Å². The van der Waals surface area contributed by atoms with Crippen LogP contribution in [0.25, 0.3) is 0 Å². The Balaban J connectivity index is 0.000000240. The zero-order valence-corrected chi connectivity index (χ0v) is 16.0. The van der Waals surface area contributed by atoms with E-state index in [1.165, 1.54) is 12.0 Å². The van der Waals surface area contributed by atoms with E-state index in [2.05, 4.69) is 36.8 Å². The molecule has 2 aromatic heterocycles. The van der Waals surface area contributed by atoms with Crippen LogP contribution in [0.15, 0.2) is 49.1 Å². The summed E-state index contributed by atoms with van der Waals surface area (Å²) >= 11 is 0. The number of nitrogens with zero attached hydrogens (tertiary/aromatic N) is 2. The van der Waals surface area contributed by atoms with Crippen LogP contribution in [0.5, 0.6) is 0 Å². The fourth-order valence-corrected chi connectivity index (χ4v) is 1.85. The summed E-state index contributed by atoms with van der Waals surface area (Å²) in [6.45, 7) is 13.6. The first-order valence-electron chi connectivity index (χ1n) is 8.57. The lowest BCUT2D eigenvalue weighted by molar-refractivity contribution is -0.0150. The predicted molar refractivity (Wildman–Crippen MR) is 101 cm³/mol. The van der Waals surface area contributed by atoms with Crippen LogP contribution >= 0.6 is 0 Å². The number of ether oxygens (including phenoxy) is 1. The highest BCUT2D eigenvalue weighted by molar-refractivity contribution is 5.08. The quantitative estimate of drug-likeness (QED) is 0.748. The van der Waals surface area contributed by atoms with E-state index in [0.717, 1.165) is 12.0 Å². The molecule has 2 heterocycles. The fraction of sp³-hybridized carbons (Fsp3) is 0.524. The number of aromatic nitrogens is 2. The van der Waals surface area contributed by atoms with Gasteiger partial charge in [0, 0.05) is 24.8 Å². The van der Waals surface area contributed by atoms with E-state index in [1.54, 1.807) is 6.20 Å². The summed E-state index contributed by atoms with van der Waals surface area (Å²) in [6.07, 6.45) is 9.72. The van der Waals surface area contributed by atoms with Crippen molar-refractivity contribution in [3.05, 3.63) is 60.2 Å². The highest BCUT2D eigenvalue weighted by atomic mass is 16.5. The van der Waals surface area contributed by atoms with E-state index in [4.69, 9.17) is 4.74 Å². The Kier molecular flexibility index (Phi) is 8.06. The van der Waals surface area contributed by atoms with E-state index in [9.17, 15) is 0 Å². The number of pyridine rings is 2. The molecule has 0 aliphatic heterocycles. The van der Waals surface area contributed by atoms with E-state index >= 15 is 0 Å². The van der Waals surface area contributed by atoms with Gasteiger partial charge in [-0.25, -0.2) is 0 Å². The molecule has 24 heavy (non-hydrogen) atoms. The molecular weight excluding hydrogens is 296 g/mol. The van der Waals surface area contributed by atoms with Gasteiger partial charge in [-0.1, -0.05) is 32.9 Å². The molecule has 0 bridgehead atoms. The zero-order chi connectivity index (χ0) is 18.1. The molecule has 0 aliphatic carbocycles. The lowest BCUT2D eigenvalue weighted by Crippen LogP contribution is -2.18. The summed E-state index contributed by atoms with van der Waals surface area (Å²) in [5, 5.41) is 0. The van der Waals surface area contributed by atoms with Gasteiger partial charge in [0.05, 0.1) is 12.2 Å². The Morgan fingerprint density at radius 1 is 0.833 bits per heavy atom. The number of rotatable bonds is 4. The Bertz CT molecular complexity index is 500. The number of hydrogen-bond acceptors (Lipinski definition) is 3. The second kappa shape index (κ2) is 9.53. The SMILES string of the molecule is CC(C)(C)CCc1cccnc1.CC(C)(C)OCc1cccnc1. The molecule has 0 saturated carbocycles. The second-order valence-electron chi connectivity index (χ2n) is 8.18. The molecule has 0 aromatic carbocycles. The van der Waals surface area contributed by atoms with Gasteiger partial charge < -0.3 is 4.74 Å². The maximum absolute atomic E-state index is 5.58. The van der Waals surface area contributed by atoms with Crippen LogP contribution in [0.3, 0.4) is 0 Å². The minimum atomic E-state index is -0.0736. The van der Waals surface area contributed by atoms with Gasteiger partial charge in [-0.3, -0.25) is 9.97 Å². The molecule has 132 valence electrons. The van der Waals surface area contributed by atoms with E-state index < -0.39 is 0 Å². The summed E-state index contributed by atoms with van der Waals surface area (Å²) in [5.41, 5.74) is 2.81. The largest absolute Gasteiger partial charge is 0.371 e. The summed E-state index contributed by atoms with van der Waals surface area (Å²) < 4.78 is 5.58. The van der Waals surface area contributed by atoms with Crippen molar-refractivity contribution in [2.75, 3.05) is 0 Å². The summed E-state index contributed by atoms with van der Waals surface area (Å²) in [7, 11) is 0. The van der Waals surface area contributed by atoms with Crippen molar-refractivity contribution in [2.45, 2.75) is 66.6 Å². The van der Waals surface area contributed by atoms with Gasteiger partial charge >= 0.3 is 0 Å². The summed E-state index contributed by atoms with van der Waals surface area (Å²) in [5.74, 6) is 0. The summed E-state index contributed by atoms with van der Waals surface area (Å²) in [6, 6.07) is 8.07. The van der Waals surface area contributed by atoms with Gasteiger partial charge in [0.2, 0.25) is 0 Å². The molecule has 0 N–H and O–H groups in total. The molecule has 3 heteroatoms. The minimum Gasteiger partial charge on any atom is -0.371 e. The average molecular weight is 328 g/mol. The molecule has 0 atom stereocenters. The van der Waals surface area contributed by atoms with Gasteiger partial charge in [-0.2, -0.15) is 0 Å². The molecule has 0 amide bonds. The van der Waals surface area contributed by atoms with Crippen LogP contribution in [-0.4, -0.2) is 15.6 Å². The molecule has 0 aliphatic rings. The number of hydrogen-bond donors (Lipinski definition) is 0. The smallest absolute Gasteiger partial charge is 0.0738 e. The average Bonchev–Trinajstić information content (AvgIpc) is 2.52. The highest BCUT2D eigenvalue weighted by Gasteiger charge is 2.10.